The predicted molar refractivity (Wildman–Crippen MR) is 204 cm³/mol. The molecule has 59 heavy (non-hydrogen) atoms. The van der Waals surface area contributed by atoms with Gasteiger partial charge in [0.05, 0.1) is 48.1 Å². The number of amides is 4. The van der Waals surface area contributed by atoms with E-state index in [-0.39, 0.29) is 53.3 Å². The van der Waals surface area contributed by atoms with Gasteiger partial charge in [0.25, 0.3) is 0 Å². The van der Waals surface area contributed by atoms with E-state index >= 15 is 0 Å². The molecule has 18 nitrogen and oxygen atoms in total. The molecular formula is C41H50N4O14. The van der Waals surface area contributed by atoms with Gasteiger partial charge < -0.3 is 55.7 Å². The number of Topliss-reactive ketones (excluding diaryl/α,β-unsaturated/α-hetero) is 1. The van der Waals surface area contributed by atoms with Crippen LogP contribution in [0.2, 0.25) is 0 Å². The zero-order chi connectivity index (χ0) is 42.5. The summed E-state index contributed by atoms with van der Waals surface area (Å²) in [6.07, 6.45) is -1.30. The van der Waals surface area contributed by atoms with E-state index in [1.165, 1.54) is 37.1 Å². The van der Waals surface area contributed by atoms with E-state index in [1.807, 2.05) is 0 Å². The van der Waals surface area contributed by atoms with Crippen LogP contribution in [0, 0.1) is 5.92 Å². The number of ether oxygens (including phenoxy) is 3. The van der Waals surface area contributed by atoms with Crippen LogP contribution in [-0.4, -0.2) is 128 Å². The lowest BCUT2D eigenvalue weighted by Crippen LogP contribution is -2.59. The van der Waals surface area contributed by atoms with E-state index in [2.05, 4.69) is 10.6 Å². The fraction of sp³-hybridized carbons (Fsp3) is 0.561. The number of methoxy groups -OCH3 is 1. The van der Waals surface area contributed by atoms with Gasteiger partial charge in [-0.25, -0.2) is 4.79 Å². The number of nitrogens with zero attached hydrogens (tertiary/aromatic N) is 1. The number of ketones is 3. The van der Waals surface area contributed by atoms with E-state index in [4.69, 9.17) is 19.9 Å². The average molecular weight is 823 g/mol. The summed E-state index contributed by atoms with van der Waals surface area (Å²) < 4.78 is 17.5. The van der Waals surface area contributed by atoms with E-state index in [9.17, 15) is 54.3 Å². The van der Waals surface area contributed by atoms with Gasteiger partial charge in [-0.05, 0) is 44.6 Å². The number of hydrogen-bond donors (Lipinski definition) is 8. The van der Waals surface area contributed by atoms with Crippen LogP contribution in [0.1, 0.15) is 114 Å². The number of nitrogens with two attached hydrogens (primary N) is 1. The predicted octanol–water partition coefficient (Wildman–Crippen LogP) is 0.767. The summed E-state index contributed by atoms with van der Waals surface area (Å²) in [7, 11) is 1.30. The van der Waals surface area contributed by atoms with Gasteiger partial charge in [-0.2, -0.15) is 0 Å². The first-order valence-electron chi connectivity index (χ1n) is 20.0. The van der Waals surface area contributed by atoms with Gasteiger partial charge >= 0.3 is 6.03 Å². The number of phenolic OH excluding ortho intramolecular Hbond substituents is 2. The highest BCUT2D eigenvalue weighted by Gasteiger charge is 2.51. The third-order valence-corrected chi connectivity index (χ3v) is 12.6. The van der Waals surface area contributed by atoms with Crippen LogP contribution in [0.4, 0.5) is 4.79 Å². The molecule has 2 saturated heterocycles. The van der Waals surface area contributed by atoms with Crippen molar-refractivity contribution in [1.82, 2.24) is 15.5 Å². The maximum atomic E-state index is 14.0. The van der Waals surface area contributed by atoms with Gasteiger partial charge in [-0.1, -0.05) is 31.4 Å². The van der Waals surface area contributed by atoms with Crippen LogP contribution < -0.4 is 21.1 Å². The fourth-order valence-electron chi connectivity index (χ4n) is 9.39. The minimum atomic E-state index is -2.38. The zero-order valence-corrected chi connectivity index (χ0v) is 32.8. The minimum absolute atomic E-state index is 0.0410. The van der Waals surface area contributed by atoms with Gasteiger partial charge in [-0.3, -0.25) is 29.3 Å². The van der Waals surface area contributed by atoms with Crippen LogP contribution >= 0.6 is 0 Å². The van der Waals surface area contributed by atoms with Gasteiger partial charge in [0, 0.05) is 42.5 Å². The van der Waals surface area contributed by atoms with Crippen molar-refractivity contribution in [1.29, 1.82) is 0 Å². The second-order valence-corrected chi connectivity index (χ2v) is 16.2. The normalized spacial score (nSPS) is 28.5. The second-order valence-electron chi connectivity index (χ2n) is 16.2. The van der Waals surface area contributed by atoms with E-state index in [0.717, 1.165) is 32.1 Å². The molecule has 1 saturated carbocycles. The lowest BCUT2D eigenvalue weighted by molar-refractivity contribution is -0.249. The average Bonchev–Trinajstić information content (AvgIpc) is 3.73. The number of aromatic hydroxyl groups is 2. The summed E-state index contributed by atoms with van der Waals surface area (Å²) in [6, 6.07) is 0.635. The number of aliphatic hydroxyl groups is 3. The van der Waals surface area contributed by atoms with Crippen molar-refractivity contribution in [2.75, 3.05) is 20.3 Å². The molecule has 3 aliphatic carbocycles. The Hall–Kier alpha value is -4.98. The molecular weight excluding hydrogens is 772 g/mol. The Morgan fingerprint density at radius 2 is 1.73 bits per heavy atom. The molecule has 2 aromatic rings. The molecule has 0 radical (unpaired) electrons. The minimum Gasteiger partial charge on any atom is -0.507 e. The van der Waals surface area contributed by atoms with Gasteiger partial charge in [0.1, 0.15) is 41.6 Å². The Balaban J connectivity index is 1.13. The van der Waals surface area contributed by atoms with Crippen molar-refractivity contribution < 1.29 is 68.5 Å². The number of rotatable bonds is 9. The van der Waals surface area contributed by atoms with Crippen LogP contribution in [0.3, 0.4) is 0 Å². The first-order valence-corrected chi connectivity index (χ1v) is 20.0. The molecule has 2 aliphatic heterocycles. The molecule has 0 unspecified atom stereocenters. The number of carbonyl (C=O) groups is 6. The van der Waals surface area contributed by atoms with E-state index < -0.39 is 126 Å². The molecule has 0 bridgehead atoms. The van der Waals surface area contributed by atoms with Crippen molar-refractivity contribution in [3.63, 3.8) is 0 Å². The fourth-order valence-corrected chi connectivity index (χ4v) is 9.39. The molecule has 0 spiro atoms. The highest BCUT2D eigenvalue weighted by Crippen LogP contribution is 2.52. The first-order chi connectivity index (χ1) is 28.1. The van der Waals surface area contributed by atoms with Crippen molar-refractivity contribution >= 4 is 35.2 Å². The first kappa shape index (κ1) is 42.2. The largest absolute Gasteiger partial charge is 0.507 e. The second kappa shape index (κ2) is 16.6. The number of urea groups is 1. The zero-order valence-electron chi connectivity index (χ0n) is 32.8. The summed E-state index contributed by atoms with van der Waals surface area (Å²) in [5, 5.41) is 61.2. The molecule has 8 atom stereocenters. The lowest BCUT2D eigenvalue weighted by atomic mass is 9.72. The van der Waals surface area contributed by atoms with Crippen molar-refractivity contribution in [2.45, 2.75) is 119 Å². The summed E-state index contributed by atoms with van der Waals surface area (Å²) in [6.45, 7) is 0.595. The van der Waals surface area contributed by atoms with Gasteiger partial charge in [0.15, 0.2) is 17.9 Å². The van der Waals surface area contributed by atoms with Crippen LogP contribution in [0.15, 0.2) is 18.2 Å². The Morgan fingerprint density at radius 1 is 1.02 bits per heavy atom. The summed E-state index contributed by atoms with van der Waals surface area (Å²) >= 11 is 0. The number of nitrogens with one attached hydrogen (secondary N) is 2. The Bertz CT molecular complexity index is 2070. The summed E-state index contributed by atoms with van der Waals surface area (Å²) in [5.74, 6) is -5.47. The molecule has 5 aliphatic rings. The molecule has 3 fully saturated rings. The third-order valence-electron chi connectivity index (χ3n) is 12.6. The Kier molecular flexibility index (Phi) is 11.8. The lowest BCUT2D eigenvalue weighted by Gasteiger charge is -2.43. The number of benzene rings is 2. The van der Waals surface area contributed by atoms with Crippen LogP contribution in [-0.2, 0) is 30.3 Å². The standard InChI is InChI=1S/C41H50N4O14/c1-18-33(48)22(43-38(53)23-11-7-13-45(23)40(55)44-39(54)32(42)19-8-4-3-5-9-19)14-27(58-18)59-25-16-41(56,26(47)17-46)15-21-29(25)37(52)31-30(35(21)50)34(49)20-10-6-12-24(57-2)28(20)36(31)51/h6,10,12,18-19,22-23,25,27,32-33,46,48,50,52,56H,3-5,7-9,11,13-17,42H2,1-2H3,(H,43,53)(H,44,54,55)/t18-,22-,23-,25-,27+,32-,33+,41-/m0/s1. The van der Waals surface area contributed by atoms with Gasteiger partial charge in [0.2, 0.25) is 17.6 Å². The monoisotopic (exact) mass is 822 g/mol. The Labute approximate surface area is 339 Å². The highest BCUT2D eigenvalue weighted by molar-refractivity contribution is 6.31. The molecule has 7 rings (SSSR count). The topological polar surface area (TPSA) is 285 Å². The number of aliphatic hydroxyl groups excluding tert-OH is 2. The third kappa shape index (κ3) is 7.57. The SMILES string of the molecule is COc1cccc2c1C(=O)c1c(O)c3c(c(O)c1C2=O)C[C@@](O)(C(=O)CO)C[C@@H]3O[C@@H]1C[C@H](NC(=O)[C@@H]2CCCN2C(=O)NC(=O)[C@@H](N)C2CCCCC2)[C@H](O)[C@H](C)O1. The number of imide groups is 1. The number of hydrogen-bond acceptors (Lipinski definition) is 15. The van der Waals surface area contributed by atoms with Crippen molar-refractivity contribution in [2.24, 2.45) is 11.7 Å². The van der Waals surface area contributed by atoms with Crippen molar-refractivity contribution in [3.05, 3.63) is 51.6 Å². The Morgan fingerprint density at radius 3 is 2.42 bits per heavy atom. The van der Waals surface area contributed by atoms with Crippen molar-refractivity contribution in [3.8, 4) is 17.2 Å². The maximum Gasteiger partial charge on any atom is 0.324 e. The molecule has 2 aromatic carbocycles. The molecule has 4 amide bonds. The number of likely N-dealkylation sites (tertiary alicyclic amines) is 1. The quantitative estimate of drug-likeness (QED) is 0.138. The molecule has 18 heteroatoms. The van der Waals surface area contributed by atoms with E-state index in [0.29, 0.717) is 6.42 Å². The smallest absolute Gasteiger partial charge is 0.324 e. The maximum absolute atomic E-state index is 14.0. The summed E-state index contributed by atoms with van der Waals surface area (Å²) in [5.41, 5.74) is 1.98. The number of fused-ring (bicyclic) bond motifs is 3. The number of carbonyl (C=O) groups excluding carboxylic acids is 6. The molecule has 318 valence electrons. The molecule has 9 N–H and O–H groups in total. The van der Waals surface area contributed by atoms with Gasteiger partial charge in [-0.15, -0.1) is 0 Å². The van der Waals surface area contributed by atoms with E-state index in [1.54, 1.807) is 0 Å². The molecule has 2 heterocycles. The van der Waals surface area contributed by atoms with Crippen LogP contribution in [0.25, 0.3) is 0 Å². The summed E-state index contributed by atoms with van der Waals surface area (Å²) in [4.78, 5) is 82.0. The number of phenols is 2. The van der Waals surface area contributed by atoms with Crippen LogP contribution in [0.5, 0.6) is 17.2 Å². The molecule has 0 aromatic heterocycles. The highest BCUT2D eigenvalue weighted by atomic mass is 16.7.